The number of hydrogen-bond acceptors (Lipinski definition) is 3. The van der Waals surface area contributed by atoms with Crippen LogP contribution in [0.25, 0.3) is 0 Å². The molecule has 118 valence electrons. The highest BCUT2D eigenvalue weighted by atomic mass is 19.3. The Morgan fingerprint density at radius 2 is 2.14 bits per heavy atom. The molecule has 22 heavy (non-hydrogen) atoms. The lowest BCUT2D eigenvalue weighted by molar-refractivity contribution is 0.0559. The number of hydrogen-bond donors (Lipinski definition) is 1. The summed E-state index contributed by atoms with van der Waals surface area (Å²) >= 11 is 0. The van der Waals surface area contributed by atoms with Crippen LogP contribution in [0, 0.1) is 5.92 Å². The van der Waals surface area contributed by atoms with E-state index >= 15 is 0 Å². The third kappa shape index (κ3) is 4.09. The molecule has 0 aromatic carbocycles. The van der Waals surface area contributed by atoms with Gasteiger partial charge in [-0.2, -0.15) is 13.9 Å². The lowest BCUT2D eigenvalue weighted by Crippen LogP contribution is -2.30. The Kier molecular flexibility index (Phi) is 5.19. The first-order valence-electron chi connectivity index (χ1n) is 7.01. The summed E-state index contributed by atoms with van der Waals surface area (Å²) in [7, 11) is 0. The Morgan fingerprint density at radius 1 is 1.36 bits per heavy atom. The molecule has 2 rings (SSSR count). The highest BCUT2D eigenvalue weighted by Gasteiger charge is 2.19. The summed E-state index contributed by atoms with van der Waals surface area (Å²) in [5.74, 6) is -0.127. The Balaban J connectivity index is 2.13. The summed E-state index contributed by atoms with van der Waals surface area (Å²) < 4.78 is 25.5. The standard InChI is InChI=1S/C15H18F2N4O/c1-10(2)8-13(11-4-3-6-18-9-11)19-14(22)12-5-7-21(20-12)15(16)17/h3-7,9-10,13,15H,8H2,1-2H3,(H,19,22)/t13-/m0/s1. The number of alkyl halides is 2. The number of halogens is 2. The maximum absolute atomic E-state index is 12.5. The minimum absolute atomic E-state index is 0.0297. The molecule has 0 saturated carbocycles. The predicted molar refractivity (Wildman–Crippen MR) is 77.4 cm³/mol. The van der Waals surface area contributed by atoms with E-state index in [2.05, 4.69) is 15.4 Å². The Morgan fingerprint density at radius 3 is 2.68 bits per heavy atom. The van der Waals surface area contributed by atoms with E-state index in [-0.39, 0.29) is 11.7 Å². The van der Waals surface area contributed by atoms with Crippen molar-refractivity contribution in [2.24, 2.45) is 5.92 Å². The number of nitrogens with zero attached hydrogens (tertiary/aromatic N) is 3. The van der Waals surface area contributed by atoms with Crippen molar-refractivity contribution in [2.45, 2.75) is 32.9 Å². The SMILES string of the molecule is CC(C)C[C@H](NC(=O)c1ccn(C(F)F)n1)c1cccnc1. The van der Waals surface area contributed by atoms with Crippen LogP contribution in [0.15, 0.2) is 36.8 Å². The molecule has 1 atom stereocenters. The van der Waals surface area contributed by atoms with Gasteiger partial charge in [-0.05, 0) is 30.0 Å². The molecule has 0 spiro atoms. The van der Waals surface area contributed by atoms with Gasteiger partial charge in [-0.1, -0.05) is 19.9 Å². The van der Waals surface area contributed by atoms with Gasteiger partial charge in [-0.3, -0.25) is 9.78 Å². The van der Waals surface area contributed by atoms with Gasteiger partial charge in [-0.15, -0.1) is 0 Å². The summed E-state index contributed by atoms with van der Waals surface area (Å²) in [6.07, 6.45) is 5.14. The second kappa shape index (κ2) is 7.11. The van der Waals surface area contributed by atoms with Gasteiger partial charge in [0.25, 0.3) is 5.91 Å². The van der Waals surface area contributed by atoms with E-state index in [4.69, 9.17) is 0 Å². The molecule has 0 unspecified atom stereocenters. The van der Waals surface area contributed by atoms with Crippen LogP contribution in [0.3, 0.4) is 0 Å². The summed E-state index contributed by atoms with van der Waals surface area (Å²) in [6.45, 7) is 1.33. The van der Waals surface area contributed by atoms with Crippen molar-refractivity contribution >= 4 is 5.91 Å². The summed E-state index contributed by atoms with van der Waals surface area (Å²) in [5.41, 5.74) is 0.843. The number of amides is 1. The normalized spacial score (nSPS) is 12.6. The number of nitrogens with one attached hydrogen (secondary N) is 1. The number of carbonyl (C=O) groups is 1. The molecule has 5 nitrogen and oxygen atoms in total. The Hall–Kier alpha value is -2.31. The Labute approximate surface area is 127 Å². The van der Waals surface area contributed by atoms with Crippen molar-refractivity contribution < 1.29 is 13.6 Å². The molecular weight excluding hydrogens is 290 g/mol. The van der Waals surface area contributed by atoms with Crippen LogP contribution in [-0.4, -0.2) is 20.7 Å². The maximum atomic E-state index is 12.5. The van der Waals surface area contributed by atoms with Gasteiger partial charge >= 0.3 is 6.55 Å². The quantitative estimate of drug-likeness (QED) is 0.891. The average molecular weight is 308 g/mol. The van der Waals surface area contributed by atoms with Crippen LogP contribution in [0.4, 0.5) is 8.78 Å². The van der Waals surface area contributed by atoms with E-state index in [1.54, 1.807) is 18.5 Å². The zero-order valence-corrected chi connectivity index (χ0v) is 12.4. The van der Waals surface area contributed by atoms with Crippen LogP contribution < -0.4 is 5.32 Å². The van der Waals surface area contributed by atoms with E-state index < -0.39 is 12.5 Å². The fourth-order valence-corrected chi connectivity index (χ4v) is 2.13. The number of rotatable bonds is 6. The first-order valence-corrected chi connectivity index (χ1v) is 7.01. The van der Waals surface area contributed by atoms with Crippen molar-refractivity contribution in [1.29, 1.82) is 0 Å². The molecule has 2 aromatic heterocycles. The number of aromatic nitrogens is 3. The molecule has 1 amide bonds. The van der Waals surface area contributed by atoms with Gasteiger partial charge in [0.2, 0.25) is 0 Å². The van der Waals surface area contributed by atoms with Crippen LogP contribution >= 0.6 is 0 Å². The number of pyridine rings is 1. The van der Waals surface area contributed by atoms with Gasteiger partial charge in [0.05, 0.1) is 6.04 Å². The van der Waals surface area contributed by atoms with E-state index in [1.165, 1.54) is 6.07 Å². The second-order valence-electron chi connectivity index (χ2n) is 5.40. The van der Waals surface area contributed by atoms with Gasteiger partial charge in [0, 0.05) is 18.6 Å². The third-order valence-corrected chi connectivity index (χ3v) is 3.14. The third-order valence-electron chi connectivity index (χ3n) is 3.14. The Bertz CT molecular complexity index is 613. The average Bonchev–Trinajstić information content (AvgIpc) is 2.97. The molecule has 0 fully saturated rings. The summed E-state index contributed by atoms with van der Waals surface area (Å²) in [6, 6.07) is 4.70. The van der Waals surface area contributed by atoms with Gasteiger partial charge < -0.3 is 5.32 Å². The lowest BCUT2D eigenvalue weighted by Gasteiger charge is -2.20. The lowest BCUT2D eigenvalue weighted by atomic mass is 9.98. The van der Waals surface area contributed by atoms with Crippen molar-refractivity contribution in [3.05, 3.63) is 48.0 Å². The zero-order valence-electron chi connectivity index (χ0n) is 12.4. The minimum Gasteiger partial charge on any atom is -0.344 e. The monoisotopic (exact) mass is 308 g/mol. The van der Waals surface area contributed by atoms with Crippen molar-refractivity contribution in [3.63, 3.8) is 0 Å². The highest BCUT2D eigenvalue weighted by Crippen LogP contribution is 2.21. The van der Waals surface area contributed by atoms with Crippen LogP contribution in [0.1, 0.15) is 48.9 Å². The first kappa shape index (κ1) is 16.1. The molecule has 2 aromatic rings. The second-order valence-corrected chi connectivity index (χ2v) is 5.40. The van der Waals surface area contributed by atoms with Gasteiger partial charge in [-0.25, -0.2) is 4.68 Å². The van der Waals surface area contributed by atoms with Crippen molar-refractivity contribution in [2.75, 3.05) is 0 Å². The molecule has 0 aliphatic heterocycles. The fourth-order valence-electron chi connectivity index (χ4n) is 2.13. The zero-order chi connectivity index (χ0) is 16.1. The summed E-state index contributed by atoms with van der Waals surface area (Å²) in [4.78, 5) is 16.2. The van der Waals surface area contributed by atoms with Crippen LogP contribution in [-0.2, 0) is 0 Å². The highest BCUT2D eigenvalue weighted by molar-refractivity contribution is 5.92. The smallest absolute Gasteiger partial charge is 0.333 e. The minimum atomic E-state index is -2.76. The van der Waals surface area contributed by atoms with E-state index in [0.29, 0.717) is 17.0 Å². The number of carbonyl (C=O) groups excluding carboxylic acids is 1. The topological polar surface area (TPSA) is 59.8 Å². The molecule has 0 aliphatic carbocycles. The maximum Gasteiger partial charge on any atom is 0.333 e. The van der Waals surface area contributed by atoms with E-state index in [9.17, 15) is 13.6 Å². The largest absolute Gasteiger partial charge is 0.344 e. The van der Waals surface area contributed by atoms with Gasteiger partial charge in [0.15, 0.2) is 0 Å². The van der Waals surface area contributed by atoms with Crippen LogP contribution in [0.5, 0.6) is 0 Å². The van der Waals surface area contributed by atoms with E-state index in [0.717, 1.165) is 11.8 Å². The molecule has 2 heterocycles. The summed E-state index contributed by atoms with van der Waals surface area (Å²) in [5, 5.41) is 6.41. The molecule has 0 aliphatic rings. The van der Waals surface area contributed by atoms with Crippen molar-refractivity contribution in [3.8, 4) is 0 Å². The molecule has 0 radical (unpaired) electrons. The first-order chi connectivity index (χ1) is 10.5. The molecule has 0 bridgehead atoms. The van der Waals surface area contributed by atoms with Crippen LogP contribution in [0.2, 0.25) is 0 Å². The molecule has 1 N–H and O–H groups in total. The molecular formula is C15H18F2N4O. The van der Waals surface area contributed by atoms with Gasteiger partial charge in [0.1, 0.15) is 5.69 Å². The predicted octanol–water partition coefficient (Wildman–Crippen LogP) is 3.19. The molecule has 0 saturated heterocycles. The molecule has 7 heteroatoms. The van der Waals surface area contributed by atoms with Crippen molar-refractivity contribution in [1.82, 2.24) is 20.1 Å². The fraction of sp³-hybridized carbons (Fsp3) is 0.400. The van der Waals surface area contributed by atoms with E-state index in [1.807, 2.05) is 19.9 Å².